The van der Waals surface area contributed by atoms with Gasteiger partial charge in [-0.3, -0.25) is 4.79 Å². The van der Waals surface area contributed by atoms with Crippen molar-refractivity contribution in [2.24, 2.45) is 0 Å². The first-order valence-corrected chi connectivity index (χ1v) is 11.5. The molecule has 0 saturated heterocycles. The van der Waals surface area contributed by atoms with Gasteiger partial charge in [0.1, 0.15) is 5.00 Å². The molecule has 1 aromatic carbocycles. The van der Waals surface area contributed by atoms with E-state index in [0.29, 0.717) is 28.1 Å². The summed E-state index contributed by atoms with van der Waals surface area (Å²) in [6, 6.07) is 9.84. The lowest BCUT2D eigenvalue weighted by molar-refractivity contribution is -0.113. The zero-order valence-corrected chi connectivity index (χ0v) is 18.1. The van der Waals surface area contributed by atoms with E-state index in [1.165, 1.54) is 30.2 Å². The van der Waals surface area contributed by atoms with E-state index in [9.17, 15) is 9.59 Å². The number of aryl methyl sites for hydroxylation is 1. The number of ether oxygens (including phenoxy) is 1. The molecule has 2 heterocycles. The van der Waals surface area contributed by atoms with Crippen molar-refractivity contribution >= 4 is 40.0 Å². The number of esters is 1. The second-order valence-corrected chi connectivity index (χ2v) is 8.90. The third-order valence-electron chi connectivity index (χ3n) is 4.79. The second kappa shape index (κ2) is 9.44. The van der Waals surface area contributed by atoms with Crippen molar-refractivity contribution < 1.29 is 18.7 Å². The summed E-state index contributed by atoms with van der Waals surface area (Å²) in [5.41, 5.74) is 2.59. The van der Waals surface area contributed by atoms with Crippen LogP contribution in [0.5, 0.6) is 0 Å². The zero-order valence-electron chi connectivity index (χ0n) is 16.5. The Labute approximate surface area is 182 Å². The first kappa shape index (κ1) is 20.6. The van der Waals surface area contributed by atoms with Gasteiger partial charge in [0.15, 0.2) is 0 Å². The predicted octanol–water partition coefficient (Wildman–Crippen LogP) is 4.12. The maximum Gasteiger partial charge on any atom is 0.341 e. The Hall–Kier alpha value is -2.65. The maximum absolute atomic E-state index is 12.5. The van der Waals surface area contributed by atoms with Gasteiger partial charge >= 0.3 is 5.97 Å². The van der Waals surface area contributed by atoms with E-state index in [1.807, 2.05) is 30.3 Å². The molecule has 4 rings (SSSR count). The monoisotopic (exact) mass is 443 g/mol. The third kappa shape index (κ3) is 4.73. The second-order valence-electron chi connectivity index (χ2n) is 6.87. The largest absolute Gasteiger partial charge is 0.465 e. The molecule has 7 nitrogen and oxygen atoms in total. The van der Waals surface area contributed by atoms with Gasteiger partial charge in [0.25, 0.3) is 5.22 Å². The van der Waals surface area contributed by atoms with Crippen LogP contribution in [-0.4, -0.2) is 34.9 Å². The minimum absolute atomic E-state index is 0.107. The van der Waals surface area contributed by atoms with Gasteiger partial charge in [0.05, 0.1) is 24.8 Å². The number of carbonyl (C=O) groups is 2. The number of methoxy groups -OCH3 is 1. The molecule has 156 valence electrons. The number of thioether (sulfide) groups is 1. The number of carbonyl (C=O) groups excluding carboxylic acids is 2. The number of rotatable bonds is 7. The normalized spacial score (nSPS) is 13.0. The number of hydrogen-bond acceptors (Lipinski definition) is 8. The molecule has 1 N–H and O–H groups in total. The summed E-state index contributed by atoms with van der Waals surface area (Å²) in [7, 11) is 1.36. The van der Waals surface area contributed by atoms with E-state index in [-0.39, 0.29) is 11.7 Å². The molecule has 0 radical (unpaired) electrons. The van der Waals surface area contributed by atoms with Crippen LogP contribution in [0.4, 0.5) is 5.00 Å². The summed E-state index contributed by atoms with van der Waals surface area (Å²) < 4.78 is 10.6. The molecule has 9 heteroatoms. The van der Waals surface area contributed by atoms with Crippen LogP contribution in [0.1, 0.15) is 45.1 Å². The molecule has 0 aliphatic heterocycles. The van der Waals surface area contributed by atoms with Crippen LogP contribution in [-0.2, 0) is 28.8 Å². The Morgan fingerprint density at radius 2 is 2.00 bits per heavy atom. The van der Waals surface area contributed by atoms with E-state index in [2.05, 4.69) is 15.5 Å². The smallest absolute Gasteiger partial charge is 0.341 e. The molecule has 1 aliphatic rings. The fourth-order valence-electron chi connectivity index (χ4n) is 3.40. The minimum Gasteiger partial charge on any atom is -0.465 e. The van der Waals surface area contributed by atoms with Gasteiger partial charge in [0.2, 0.25) is 11.8 Å². The molecule has 0 saturated carbocycles. The lowest BCUT2D eigenvalue weighted by Gasteiger charge is -2.11. The highest BCUT2D eigenvalue weighted by Crippen LogP contribution is 2.38. The van der Waals surface area contributed by atoms with Crippen molar-refractivity contribution in [3.8, 4) is 0 Å². The fourth-order valence-corrected chi connectivity index (χ4v) is 5.27. The number of anilines is 1. The van der Waals surface area contributed by atoms with E-state index < -0.39 is 5.97 Å². The highest BCUT2D eigenvalue weighted by molar-refractivity contribution is 7.99. The first-order valence-electron chi connectivity index (χ1n) is 9.66. The Bertz CT molecular complexity index is 1050. The van der Waals surface area contributed by atoms with Crippen molar-refractivity contribution in [1.82, 2.24) is 10.2 Å². The summed E-state index contributed by atoms with van der Waals surface area (Å²) in [5, 5.41) is 11.8. The summed E-state index contributed by atoms with van der Waals surface area (Å²) >= 11 is 2.64. The van der Waals surface area contributed by atoms with Gasteiger partial charge in [-0.05, 0) is 36.8 Å². The number of benzene rings is 1. The van der Waals surface area contributed by atoms with Gasteiger partial charge in [-0.1, -0.05) is 42.1 Å². The van der Waals surface area contributed by atoms with Crippen molar-refractivity contribution in [3.63, 3.8) is 0 Å². The standard InChI is InChI=1S/C21H21N3O4S2/c1-27-20(26)18-14-9-5-6-10-15(14)30-19(18)22-16(25)12-29-21-24-23-17(28-21)11-13-7-3-2-4-8-13/h2-4,7-8H,5-6,9-12H2,1H3,(H,22,25). The molecule has 1 amide bonds. The van der Waals surface area contributed by atoms with Crippen LogP contribution >= 0.6 is 23.1 Å². The SMILES string of the molecule is COC(=O)c1c(NC(=O)CSc2nnc(Cc3ccccc3)o2)sc2c1CCCC2. The maximum atomic E-state index is 12.5. The van der Waals surface area contributed by atoms with E-state index in [4.69, 9.17) is 9.15 Å². The van der Waals surface area contributed by atoms with Gasteiger partial charge < -0.3 is 14.5 Å². The molecule has 2 aromatic heterocycles. The van der Waals surface area contributed by atoms with Crippen molar-refractivity contribution in [2.75, 3.05) is 18.2 Å². The Balaban J connectivity index is 1.38. The van der Waals surface area contributed by atoms with E-state index in [0.717, 1.165) is 41.7 Å². The number of aromatic nitrogens is 2. The quantitative estimate of drug-likeness (QED) is 0.434. The van der Waals surface area contributed by atoms with Crippen LogP contribution in [0.15, 0.2) is 40.0 Å². The summed E-state index contributed by atoms with van der Waals surface area (Å²) in [6.45, 7) is 0. The van der Waals surface area contributed by atoms with E-state index >= 15 is 0 Å². The number of thiophene rings is 1. The summed E-state index contributed by atoms with van der Waals surface area (Å²) in [5.74, 6) is -0.0229. The molecule has 0 spiro atoms. The van der Waals surface area contributed by atoms with Gasteiger partial charge in [-0.25, -0.2) is 4.79 Å². The van der Waals surface area contributed by atoms with Crippen LogP contribution in [0.2, 0.25) is 0 Å². The van der Waals surface area contributed by atoms with Crippen LogP contribution in [0.3, 0.4) is 0 Å². The highest BCUT2D eigenvalue weighted by atomic mass is 32.2. The number of hydrogen-bond donors (Lipinski definition) is 1. The number of amides is 1. The molecular weight excluding hydrogens is 422 g/mol. The molecule has 1 aliphatic carbocycles. The van der Waals surface area contributed by atoms with Gasteiger partial charge in [0, 0.05) is 4.88 Å². The number of nitrogens with zero attached hydrogens (tertiary/aromatic N) is 2. The number of fused-ring (bicyclic) bond motifs is 1. The predicted molar refractivity (Wildman–Crippen MR) is 115 cm³/mol. The average Bonchev–Trinajstić information content (AvgIpc) is 3.36. The molecule has 0 bridgehead atoms. The third-order valence-corrected chi connectivity index (χ3v) is 6.81. The van der Waals surface area contributed by atoms with Gasteiger partial charge in [-0.15, -0.1) is 21.5 Å². The van der Waals surface area contributed by atoms with Crippen LogP contribution in [0.25, 0.3) is 0 Å². The van der Waals surface area contributed by atoms with Crippen molar-refractivity contribution in [1.29, 1.82) is 0 Å². The fraction of sp³-hybridized carbons (Fsp3) is 0.333. The summed E-state index contributed by atoms with van der Waals surface area (Å²) in [6.07, 6.45) is 4.46. The van der Waals surface area contributed by atoms with Crippen molar-refractivity contribution in [2.45, 2.75) is 37.3 Å². The molecule has 0 unspecified atom stereocenters. The molecule has 0 atom stereocenters. The van der Waals surface area contributed by atoms with Crippen LogP contribution in [0, 0.1) is 0 Å². The Morgan fingerprint density at radius 3 is 2.80 bits per heavy atom. The Morgan fingerprint density at radius 1 is 1.20 bits per heavy atom. The zero-order chi connectivity index (χ0) is 20.9. The first-order chi connectivity index (χ1) is 14.6. The lowest BCUT2D eigenvalue weighted by Crippen LogP contribution is -2.16. The lowest BCUT2D eigenvalue weighted by atomic mass is 9.95. The minimum atomic E-state index is -0.403. The molecule has 3 aromatic rings. The molecule has 0 fully saturated rings. The van der Waals surface area contributed by atoms with Crippen LogP contribution < -0.4 is 5.32 Å². The topological polar surface area (TPSA) is 94.3 Å². The average molecular weight is 444 g/mol. The summed E-state index contributed by atoms with van der Waals surface area (Å²) in [4.78, 5) is 25.9. The van der Waals surface area contributed by atoms with E-state index in [1.54, 1.807) is 0 Å². The van der Waals surface area contributed by atoms with Gasteiger partial charge in [-0.2, -0.15) is 0 Å². The molecule has 30 heavy (non-hydrogen) atoms. The Kier molecular flexibility index (Phi) is 6.49. The highest BCUT2D eigenvalue weighted by Gasteiger charge is 2.27. The van der Waals surface area contributed by atoms with Crippen molar-refractivity contribution in [3.05, 3.63) is 57.8 Å². The number of nitrogens with one attached hydrogen (secondary N) is 1. The molecular formula is C21H21N3O4S2.